The van der Waals surface area contributed by atoms with Crippen molar-refractivity contribution in [1.82, 2.24) is 4.57 Å². The maximum absolute atomic E-state index is 2.27. The van der Waals surface area contributed by atoms with Crippen LogP contribution < -0.4 is 0 Å². The van der Waals surface area contributed by atoms with E-state index in [0.717, 1.165) is 6.42 Å². The van der Waals surface area contributed by atoms with Crippen molar-refractivity contribution in [3.05, 3.63) is 54.3 Å². The lowest BCUT2D eigenvalue weighted by Gasteiger charge is -2.07. The normalized spacial score (nSPS) is 11.8. The highest BCUT2D eigenvalue weighted by atomic mass is 15.0. The fraction of sp³-hybridized carbons (Fsp3) is 0.250. The number of para-hydroxylation sites is 1. The molecule has 17 heavy (non-hydrogen) atoms. The molecule has 0 N–H and O–H groups in total. The van der Waals surface area contributed by atoms with Crippen molar-refractivity contribution >= 4 is 16.6 Å². The molecule has 0 aliphatic carbocycles. The van der Waals surface area contributed by atoms with Gasteiger partial charge in [0.1, 0.15) is 0 Å². The molecule has 0 saturated heterocycles. The highest BCUT2D eigenvalue weighted by molar-refractivity contribution is 5.83. The van der Waals surface area contributed by atoms with Crippen molar-refractivity contribution in [2.24, 2.45) is 0 Å². The molecule has 1 nitrogen and oxygen atoms in total. The zero-order chi connectivity index (χ0) is 12.3. The Balaban J connectivity index is 2.51. The summed E-state index contributed by atoms with van der Waals surface area (Å²) in [6, 6.07) is 10.7. The van der Waals surface area contributed by atoms with Gasteiger partial charge in [0.15, 0.2) is 0 Å². The summed E-state index contributed by atoms with van der Waals surface area (Å²) in [4.78, 5) is 0. The molecule has 0 fully saturated rings. The molecule has 0 radical (unpaired) electrons. The lowest BCUT2D eigenvalue weighted by atomic mass is 10.2. The number of hydrogen-bond acceptors (Lipinski definition) is 0. The van der Waals surface area contributed by atoms with Crippen LogP contribution in [0.1, 0.15) is 27.2 Å². The molecule has 88 valence electrons. The first kappa shape index (κ1) is 11.7. The summed E-state index contributed by atoms with van der Waals surface area (Å²) in [6.07, 6.45) is 7.57. The van der Waals surface area contributed by atoms with E-state index in [9.17, 15) is 0 Å². The van der Waals surface area contributed by atoms with Crippen LogP contribution in [-0.4, -0.2) is 4.57 Å². The highest BCUT2D eigenvalue weighted by Gasteiger charge is 2.02. The number of rotatable bonds is 3. The van der Waals surface area contributed by atoms with Gasteiger partial charge < -0.3 is 4.57 Å². The quantitative estimate of drug-likeness (QED) is 0.657. The number of aromatic nitrogens is 1. The minimum Gasteiger partial charge on any atom is -0.320 e. The molecule has 2 rings (SSSR count). The summed E-state index contributed by atoms with van der Waals surface area (Å²) in [5.41, 5.74) is 3.93. The molecule has 0 aliphatic rings. The van der Waals surface area contributed by atoms with Crippen LogP contribution >= 0.6 is 0 Å². The highest BCUT2D eigenvalue weighted by Crippen LogP contribution is 2.21. The molecule has 1 aromatic heterocycles. The fourth-order valence-electron chi connectivity index (χ4n) is 1.96. The predicted molar refractivity (Wildman–Crippen MR) is 75.9 cm³/mol. The van der Waals surface area contributed by atoms with E-state index >= 15 is 0 Å². The van der Waals surface area contributed by atoms with Gasteiger partial charge in [-0.15, -0.1) is 0 Å². The standard InChI is InChI=1S/C16H19N/c1-4-15(10-9-13(2)3)17-12-11-14-7-5-6-8-16(14)17/h5-12H,4H2,1-3H3. The molecule has 0 aliphatic heterocycles. The third-order valence-electron chi connectivity index (χ3n) is 2.88. The molecule has 0 amide bonds. The first-order chi connectivity index (χ1) is 8.22. The van der Waals surface area contributed by atoms with Crippen molar-refractivity contribution in [3.63, 3.8) is 0 Å². The van der Waals surface area contributed by atoms with Crippen LogP contribution in [0.15, 0.2) is 54.3 Å². The summed E-state index contributed by atoms with van der Waals surface area (Å²) < 4.78 is 2.27. The maximum Gasteiger partial charge on any atom is 0.0525 e. The second-order valence-corrected chi connectivity index (χ2v) is 4.50. The molecular formula is C16H19N. The molecule has 0 atom stereocenters. The van der Waals surface area contributed by atoms with E-state index in [1.165, 1.54) is 22.2 Å². The van der Waals surface area contributed by atoms with E-state index in [0.29, 0.717) is 0 Å². The molecule has 0 bridgehead atoms. The van der Waals surface area contributed by atoms with Crippen LogP contribution in [0, 0.1) is 0 Å². The van der Waals surface area contributed by atoms with E-state index in [1.807, 2.05) is 0 Å². The Kier molecular flexibility index (Phi) is 3.48. The van der Waals surface area contributed by atoms with Gasteiger partial charge in [0.25, 0.3) is 0 Å². The van der Waals surface area contributed by atoms with E-state index in [4.69, 9.17) is 0 Å². The van der Waals surface area contributed by atoms with Crippen LogP contribution in [0.4, 0.5) is 0 Å². The van der Waals surface area contributed by atoms with Crippen molar-refractivity contribution in [2.45, 2.75) is 27.2 Å². The largest absolute Gasteiger partial charge is 0.320 e. The summed E-state index contributed by atoms with van der Waals surface area (Å²) in [5.74, 6) is 0. The predicted octanol–water partition coefficient (Wildman–Crippen LogP) is 4.86. The Labute approximate surface area is 103 Å². The maximum atomic E-state index is 2.27. The molecule has 0 saturated carbocycles. The zero-order valence-corrected chi connectivity index (χ0v) is 10.8. The van der Waals surface area contributed by atoms with Crippen LogP contribution in [0.5, 0.6) is 0 Å². The SMILES string of the molecule is CCC(=CC=C(C)C)n1ccc2ccccc21. The number of hydrogen-bond donors (Lipinski definition) is 0. The van der Waals surface area contributed by atoms with Gasteiger partial charge in [-0.05, 0) is 43.9 Å². The average Bonchev–Trinajstić information content (AvgIpc) is 2.74. The number of benzene rings is 1. The van der Waals surface area contributed by atoms with E-state index in [2.05, 4.69) is 74.0 Å². The monoisotopic (exact) mass is 225 g/mol. The van der Waals surface area contributed by atoms with E-state index < -0.39 is 0 Å². The van der Waals surface area contributed by atoms with Gasteiger partial charge in [0.05, 0.1) is 5.52 Å². The molecular weight excluding hydrogens is 206 g/mol. The van der Waals surface area contributed by atoms with E-state index in [1.54, 1.807) is 0 Å². The van der Waals surface area contributed by atoms with Gasteiger partial charge in [-0.25, -0.2) is 0 Å². The topological polar surface area (TPSA) is 4.93 Å². The summed E-state index contributed by atoms with van der Waals surface area (Å²) in [6.45, 7) is 6.44. The van der Waals surface area contributed by atoms with Gasteiger partial charge in [-0.2, -0.15) is 0 Å². The smallest absolute Gasteiger partial charge is 0.0525 e. The minimum atomic E-state index is 1.03. The zero-order valence-electron chi connectivity index (χ0n) is 10.8. The lowest BCUT2D eigenvalue weighted by molar-refractivity contribution is 1.05. The first-order valence-electron chi connectivity index (χ1n) is 6.13. The molecule has 1 heterocycles. The average molecular weight is 225 g/mol. The van der Waals surface area contributed by atoms with Crippen LogP contribution in [0.25, 0.3) is 16.6 Å². The van der Waals surface area contributed by atoms with Crippen molar-refractivity contribution in [3.8, 4) is 0 Å². The Bertz CT molecular complexity index is 566. The van der Waals surface area contributed by atoms with Gasteiger partial charge in [-0.3, -0.25) is 0 Å². The summed E-state index contributed by atoms with van der Waals surface area (Å²) >= 11 is 0. The van der Waals surface area contributed by atoms with E-state index in [-0.39, 0.29) is 0 Å². The van der Waals surface area contributed by atoms with Crippen molar-refractivity contribution in [1.29, 1.82) is 0 Å². The van der Waals surface area contributed by atoms with Crippen LogP contribution in [-0.2, 0) is 0 Å². The van der Waals surface area contributed by atoms with Crippen LogP contribution in [0.2, 0.25) is 0 Å². The Morgan fingerprint density at radius 1 is 1.12 bits per heavy atom. The van der Waals surface area contributed by atoms with Crippen molar-refractivity contribution < 1.29 is 0 Å². The number of fused-ring (bicyclic) bond motifs is 1. The van der Waals surface area contributed by atoms with Gasteiger partial charge in [0.2, 0.25) is 0 Å². The molecule has 1 aromatic carbocycles. The second-order valence-electron chi connectivity index (χ2n) is 4.50. The molecule has 0 spiro atoms. The van der Waals surface area contributed by atoms with Gasteiger partial charge in [0, 0.05) is 11.9 Å². The second kappa shape index (κ2) is 5.05. The third kappa shape index (κ3) is 2.50. The number of nitrogens with zero attached hydrogens (tertiary/aromatic N) is 1. The lowest BCUT2D eigenvalue weighted by Crippen LogP contribution is -1.93. The molecule has 1 heteroatoms. The van der Waals surface area contributed by atoms with Crippen LogP contribution in [0.3, 0.4) is 0 Å². The number of allylic oxidation sites excluding steroid dienone is 4. The fourth-order valence-corrected chi connectivity index (χ4v) is 1.96. The molecule has 0 unspecified atom stereocenters. The minimum absolute atomic E-state index is 1.03. The Hall–Kier alpha value is -1.76. The van der Waals surface area contributed by atoms with Gasteiger partial charge in [-0.1, -0.05) is 36.8 Å². The summed E-state index contributed by atoms with van der Waals surface area (Å²) in [7, 11) is 0. The summed E-state index contributed by atoms with van der Waals surface area (Å²) in [5, 5.41) is 1.30. The molecule has 2 aromatic rings. The third-order valence-corrected chi connectivity index (χ3v) is 2.88. The Morgan fingerprint density at radius 2 is 1.88 bits per heavy atom. The van der Waals surface area contributed by atoms with Gasteiger partial charge >= 0.3 is 0 Å². The van der Waals surface area contributed by atoms with Crippen molar-refractivity contribution in [2.75, 3.05) is 0 Å². The first-order valence-corrected chi connectivity index (χ1v) is 6.13. The Morgan fingerprint density at radius 3 is 2.59 bits per heavy atom.